The minimum absolute atomic E-state index is 0.274. The van der Waals surface area contributed by atoms with Crippen molar-refractivity contribution in [1.82, 2.24) is 4.90 Å². The van der Waals surface area contributed by atoms with Crippen molar-refractivity contribution in [2.45, 2.75) is 25.9 Å². The van der Waals surface area contributed by atoms with Crippen LogP contribution in [0.25, 0.3) is 0 Å². The van der Waals surface area contributed by atoms with Crippen LogP contribution < -0.4 is 5.73 Å². The zero-order chi connectivity index (χ0) is 8.81. The number of nitrogens with zero attached hydrogens (tertiary/aromatic N) is 1. The normalized spacial score (nSPS) is 26.0. The summed E-state index contributed by atoms with van der Waals surface area (Å²) < 4.78 is 5.47. The van der Waals surface area contributed by atoms with Crippen molar-refractivity contribution < 1.29 is 4.74 Å². The summed E-state index contributed by atoms with van der Waals surface area (Å²) in [6, 6.07) is 0. The quantitative estimate of drug-likeness (QED) is 0.669. The fraction of sp³-hybridized carbons (Fsp3) is 1.00. The molecular formula is C9H20N2O. The van der Waals surface area contributed by atoms with Gasteiger partial charge in [-0.1, -0.05) is 13.3 Å². The number of nitrogens with two attached hydrogens (primary N) is 1. The van der Waals surface area contributed by atoms with Crippen LogP contribution in [0.3, 0.4) is 0 Å². The number of hydrogen-bond donors (Lipinski definition) is 1. The Morgan fingerprint density at radius 3 is 3.08 bits per heavy atom. The summed E-state index contributed by atoms with van der Waals surface area (Å²) in [7, 11) is 0. The van der Waals surface area contributed by atoms with E-state index >= 15 is 0 Å². The lowest BCUT2D eigenvalue weighted by Gasteiger charge is -2.32. The molecule has 1 aliphatic rings. The molecule has 0 aromatic heterocycles. The molecule has 0 spiro atoms. The number of unbranched alkanes of at least 4 members (excludes halogenated alkanes) is 1. The third-order valence-corrected chi connectivity index (χ3v) is 2.31. The predicted octanol–water partition coefficient (Wildman–Crippen LogP) is 0.446. The molecule has 0 aromatic rings. The van der Waals surface area contributed by atoms with Crippen LogP contribution in [0.2, 0.25) is 0 Å². The van der Waals surface area contributed by atoms with Crippen LogP contribution in [0, 0.1) is 0 Å². The standard InChI is InChI=1S/C9H20N2O/c1-2-3-4-11-5-6-12-9(7-10)8-11/h9H,2-8,10H2,1H3/t9-/m0/s1. The van der Waals surface area contributed by atoms with Crippen LogP contribution in [-0.4, -0.2) is 43.8 Å². The first-order valence-electron chi connectivity index (χ1n) is 4.90. The number of morpholine rings is 1. The Kier molecular flexibility index (Phi) is 4.58. The SMILES string of the molecule is CCCCN1CCO[C@@H](CN)C1. The second-order valence-corrected chi connectivity index (χ2v) is 3.38. The fourth-order valence-corrected chi connectivity index (χ4v) is 1.51. The van der Waals surface area contributed by atoms with E-state index in [1.807, 2.05) is 0 Å². The third kappa shape index (κ3) is 3.09. The average Bonchev–Trinajstić information content (AvgIpc) is 2.15. The molecule has 3 nitrogen and oxygen atoms in total. The van der Waals surface area contributed by atoms with E-state index in [0.29, 0.717) is 6.54 Å². The molecule has 1 fully saturated rings. The van der Waals surface area contributed by atoms with Crippen LogP contribution in [0.5, 0.6) is 0 Å². The summed E-state index contributed by atoms with van der Waals surface area (Å²) in [5, 5.41) is 0. The van der Waals surface area contributed by atoms with Gasteiger partial charge < -0.3 is 10.5 Å². The lowest BCUT2D eigenvalue weighted by molar-refractivity contribution is -0.0233. The number of ether oxygens (including phenoxy) is 1. The molecule has 72 valence electrons. The van der Waals surface area contributed by atoms with Gasteiger partial charge in [0.25, 0.3) is 0 Å². The molecule has 3 heteroatoms. The molecule has 2 N–H and O–H groups in total. The summed E-state index contributed by atoms with van der Waals surface area (Å²) in [6.45, 7) is 7.04. The van der Waals surface area contributed by atoms with Crippen molar-refractivity contribution in [3.05, 3.63) is 0 Å². The second kappa shape index (κ2) is 5.51. The molecule has 0 saturated carbocycles. The van der Waals surface area contributed by atoms with E-state index in [0.717, 1.165) is 19.7 Å². The molecule has 1 atom stereocenters. The maximum absolute atomic E-state index is 5.54. The predicted molar refractivity (Wildman–Crippen MR) is 50.1 cm³/mol. The molecule has 0 aliphatic carbocycles. The van der Waals surface area contributed by atoms with E-state index in [9.17, 15) is 0 Å². The highest BCUT2D eigenvalue weighted by molar-refractivity contribution is 4.71. The Hall–Kier alpha value is -0.120. The lowest BCUT2D eigenvalue weighted by Crippen LogP contribution is -2.45. The molecule has 1 saturated heterocycles. The maximum Gasteiger partial charge on any atom is 0.0824 e. The van der Waals surface area contributed by atoms with Gasteiger partial charge in [-0.05, 0) is 13.0 Å². The zero-order valence-corrected chi connectivity index (χ0v) is 7.96. The molecule has 0 aromatic carbocycles. The molecule has 0 bridgehead atoms. The molecular weight excluding hydrogens is 152 g/mol. The van der Waals surface area contributed by atoms with E-state index in [2.05, 4.69) is 11.8 Å². The van der Waals surface area contributed by atoms with Gasteiger partial charge in [-0.2, -0.15) is 0 Å². The van der Waals surface area contributed by atoms with Crippen LogP contribution in [0.1, 0.15) is 19.8 Å². The molecule has 0 unspecified atom stereocenters. The minimum Gasteiger partial charge on any atom is -0.374 e. The van der Waals surface area contributed by atoms with Gasteiger partial charge in [0.15, 0.2) is 0 Å². The first-order valence-corrected chi connectivity index (χ1v) is 4.90. The van der Waals surface area contributed by atoms with Gasteiger partial charge >= 0.3 is 0 Å². The van der Waals surface area contributed by atoms with Gasteiger partial charge in [-0.3, -0.25) is 4.90 Å². The molecule has 12 heavy (non-hydrogen) atoms. The average molecular weight is 172 g/mol. The van der Waals surface area contributed by atoms with Crippen LogP contribution in [0.4, 0.5) is 0 Å². The lowest BCUT2D eigenvalue weighted by atomic mass is 10.2. The number of rotatable bonds is 4. The first-order chi connectivity index (χ1) is 5.86. The minimum atomic E-state index is 0.274. The topological polar surface area (TPSA) is 38.5 Å². The largest absolute Gasteiger partial charge is 0.374 e. The second-order valence-electron chi connectivity index (χ2n) is 3.38. The van der Waals surface area contributed by atoms with Gasteiger partial charge in [0.1, 0.15) is 0 Å². The highest BCUT2D eigenvalue weighted by Crippen LogP contribution is 2.04. The molecule has 1 aliphatic heterocycles. The van der Waals surface area contributed by atoms with Crippen LogP contribution in [0.15, 0.2) is 0 Å². The summed E-state index contributed by atoms with van der Waals surface area (Å²) in [5.74, 6) is 0. The Labute approximate surface area is 74.9 Å². The van der Waals surface area contributed by atoms with Crippen molar-refractivity contribution in [3.63, 3.8) is 0 Å². The van der Waals surface area contributed by atoms with Crippen molar-refractivity contribution in [2.75, 3.05) is 32.8 Å². The Bertz CT molecular complexity index is 119. The van der Waals surface area contributed by atoms with Crippen LogP contribution in [-0.2, 0) is 4.74 Å². The van der Waals surface area contributed by atoms with Crippen molar-refractivity contribution in [2.24, 2.45) is 5.73 Å². The highest BCUT2D eigenvalue weighted by atomic mass is 16.5. The molecule has 1 rings (SSSR count). The Balaban J connectivity index is 2.16. The molecule has 1 heterocycles. The van der Waals surface area contributed by atoms with E-state index in [4.69, 9.17) is 10.5 Å². The fourth-order valence-electron chi connectivity index (χ4n) is 1.51. The van der Waals surface area contributed by atoms with E-state index in [1.54, 1.807) is 0 Å². The monoisotopic (exact) mass is 172 g/mol. The van der Waals surface area contributed by atoms with Crippen molar-refractivity contribution in [3.8, 4) is 0 Å². The van der Waals surface area contributed by atoms with Gasteiger partial charge in [0, 0.05) is 19.6 Å². The van der Waals surface area contributed by atoms with Crippen molar-refractivity contribution >= 4 is 0 Å². The highest BCUT2D eigenvalue weighted by Gasteiger charge is 2.17. The van der Waals surface area contributed by atoms with E-state index < -0.39 is 0 Å². The summed E-state index contributed by atoms with van der Waals surface area (Å²) >= 11 is 0. The summed E-state index contributed by atoms with van der Waals surface area (Å²) in [5.41, 5.74) is 5.54. The Morgan fingerprint density at radius 1 is 1.58 bits per heavy atom. The van der Waals surface area contributed by atoms with E-state index in [-0.39, 0.29) is 6.10 Å². The Morgan fingerprint density at radius 2 is 2.42 bits per heavy atom. The van der Waals surface area contributed by atoms with Crippen LogP contribution >= 0.6 is 0 Å². The first kappa shape index (κ1) is 9.96. The molecule has 0 radical (unpaired) electrons. The number of hydrogen-bond acceptors (Lipinski definition) is 3. The zero-order valence-electron chi connectivity index (χ0n) is 7.96. The third-order valence-electron chi connectivity index (χ3n) is 2.31. The smallest absolute Gasteiger partial charge is 0.0824 e. The van der Waals surface area contributed by atoms with Crippen molar-refractivity contribution in [1.29, 1.82) is 0 Å². The van der Waals surface area contributed by atoms with E-state index in [1.165, 1.54) is 19.4 Å². The van der Waals surface area contributed by atoms with Gasteiger partial charge in [-0.15, -0.1) is 0 Å². The summed E-state index contributed by atoms with van der Waals surface area (Å²) in [6.07, 6.45) is 2.83. The van der Waals surface area contributed by atoms with Gasteiger partial charge in [-0.25, -0.2) is 0 Å². The summed E-state index contributed by atoms with van der Waals surface area (Å²) in [4.78, 5) is 2.45. The molecule has 0 amide bonds. The van der Waals surface area contributed by atoms with Gasteiger partial charge in [0.05, 0.1) is 12.7 Å². The maximum atomic E-state index is 5.54. The van der Waals surface area contributed by atoms with Gasteiger partial charge in [0.2, 0.25) is 0 Å².